The van der Waals surface area contributed by atoms with Gasteiger partial charge < -0.3 is 10.0 Å². The Balaban J connectivity index is 1.32. The van der Waals surface area contributed by atoms with Crippen LogP contribution in [0.2, 0.25) is 0 Å². The van der Waals surface area contributed by atoms with Gasteiger partial charge in [0, 0.05) is 49.5 Å². The minimum Gasteiger partial charge on any atom is -0.392 e. The summed E-state index contributed by atoms with van der Waals surface area (Å²) >= 11 is 0. The third-order valence-electron chi connectivity index (χ3n) is 7.52. The van der Waals surface area contributed by atoms with Crippen molar-refractivity contribution in [1.82, 2.24) is 25.1 Å². The predicted molar refractivity (Wildman–Crippen MR) is 135 cm³/mol. The molecule has 4 aromatic rings. The highest BCUT2D eigenvalue weighted by Crippen LogP contribution is 2.33. The highest BCUT2D eigenvalue weighted by Gasteiger charge is 2.35. The molecule has 0 unspecified atom stereocenters. The second-order valence-corrected chi connectivity index (χ2v) is 9.76. The van der Waals surface area contributed by atoms with Crippen molar-refractivity contribution >= 4 is 16.9 Å². The van der Waals surface area contributed by atoms with Crippen molar-refractivity contribution in [2.45, 2.75) is 39.3 Å². The molecule has 5 heterocycles. The molecule has 0 spiro atoms. The van der Waals surface area contributed by atoms with Gasteiger partial charge in [0.2, 0.25) is 0 Å². The van der Waals surface area contributed by atoms with Crippen LogP contribution < -0.4 is 4.90 Å². The SMILES string of the molecule is Cc1cc2[nH]nc(-c3ccc(N4CCN5C[C@H](O)C[C@H]5C4)nc3)c2nc1-c1cccc(C)c1C. The topological polar surface area (TPSA) is 81.2 Å². The first-order valence-corrected chi connectivity index (χ1v) is 12.0. The van der Waals surface area contributed by atoms with Crippen LogP contribution in [0.25, 0.3) is 33.5 Å². The molecule has 2 saturated heterocycles. The Labute approximate surface area is 199 Å². The molecule has 0 aliphatic carbocycles. The first kappa shape index (κ1) is 21.3. The average Bonchev–Trinajstić information content (AvgIpc) is 3.42. The maximum Gasteiger partial charge on any atom is 0.128 e. The Morgan fingerprint density at radius 2 is 1.88 bits per heavy atom. The fourth-order valence-corrected chi connectivity index (χ4v) is 5.47. The number of rotatable bonds is 3. The lowest BCUT2D eigenvalue weighted by molar-refractivity contribution is 0.173. The molecule has 2 atom stereocenters. The number of piperazine rings is 1. The summed E-state index contributed by atoms with van der Waals surface area (Å²) in [6, 6.07) is 13.1. The van der Waals surface area contributed by atoms with Gasteiger partial charge in [-0.15, -0.1) is 0 Å². The second-order valence-electron chi connectivity index (χ2n) is 9.76. The van der Waals surface area contributed by atoms with Crippen LogP contribution in [0.4, 0.5) is 5.82 Å². The maximum absolute atomic E-state index is 9.99. The van der Waals surface area contributed by atoms with Crippen molar-refractivity contribution in [3.63, 3.8) is 0 Å². The van der Waals surface area contributed by atoms with Crippen LogP contribution in [-0.2, 0) is 0 Å². The number of aromatic amines is 1. The Hall–Kier alpha value is -3.29. The standard InChI is InChI=1S/C27H30N6O/c1-16-5-4-6-22(18(16)3)25-17(2)11-23-27(29-25)26(31-30-23)19-7-8-24(28-13-19)33-10-9-32-15-21(34)12-20(32)14-33/h4-8,11,13,20-21,34H,9-10,12,14-15H2,1-3H3,(H,30,31)/t20-,21+/m0/s1. The molecule has 2 N–H and O–H groups in total. The molecule has 0 bridgehead atoms. The molecule has 6 rings (SSSR count). The van der Waals surface area contributed by atoms with E-state index < -0.39 is 0 Å². The van der Waals surface area contributed by atoms with Crippen LogP contribution in [0, 0.1) is 20.8 Å². The minimum atomic E-state index is -0.196. The third kappa shape index (κ3) is 3.56. The number of aliphatic hydroxyl groups is 1. The minimum absolute atomic E-state index is 0.196. The van der Waals surface area contributed by atoms with Crippen LogP contribution in [0.15, 0.2) is 42.6 Å². The van der Waals surface area contributed by atoms with E-state index in [1.807, 2.05) is 6.20 Å². The largest absolute Gasteiger partial charge is 0.392 e. The number of H-pyrrole nitrogens is 1. The number of hydrogen-bond donors (Lipinski definition) is 2. The third-order valence-corrected chi connectivity index (χ3v) is 7.52. The Bertz CT molecular complexity index is 1360. The summed E-state index contributed by atoms with van der Waals surface area (Å²) in [4.78, 5) is 14.6. The summed E-state index contributed by atoms with van der Waals surface area (Å²) in [7, 11) is 0. The van der Waals surface area contributed by atoms with E-state index in [1.54, 1.807) is 0 Å². The van der Waals surface area contributed by atoms with Gasteiger partial charge in [-0.1, -0.05) is 18.2 Å². The lowest BCUT2D eigenvalue weighted by atomic mass is 9.97. The van der Waals surface area contributed by atoms with Crippen LogP contribution >= 0.6 is 0 Å². The van der Waals surface area contributed by atoms with Gasteiger partial charge in [0.15, 0.2) is 0 Å². The number of aryl methyl sites for hydroxylation is 2. The molecule has 3 aromatic heterocycles. The fraction of sp³-hybridized carbons (Fsp3) is 0.370. The molecule has 0 saturated carbocycles. The smallest absolute Gasteiger partial charge is 0.128 e. The molecular weight excluding hydrogens is 424 g/mol. The zero-order valence-electron chi connectivity index (χ0n) is 19.9. The van der Waals surface area contributed by atoms with Gasteiger partial charge in [-0.2, -0.15) is 5.10 Å². The Kier molecular flexibility index (Phi) is 5.12. The number of nitrogens with one attached hydrogen (secondary N) is 1. The predicted octanol–water partition coefficient (Wildman–Crippen LogP) is 3.87. The lowest BCUT2D eigenvalue weighted by Gasteiger charge is -2.37. The lowest BCUT2D eigenvalue weighted by Crippen LogP contribution is -2.50. The van der Waals surface area contributed by atoms with Crippen molar-refractivity contribution in [2.75, 3.05) is 31.1 Å². The van der Waals surface area contributed by atoms with Crippen LogP contribution in [0.5, 0.6) is 0 Å². The number of nitrogens with zero attached hydrogens (tertiary/aromatic N) is 5. The highest BCUT2D eigenvalue weighted by molar-refractivity contribution is 5.92. The molecule has 0 radical (unpaired) electrons. The van der Waals surface area contributed by atoms with Gasteiger partial charge in [-0.3, -0.25) is 10.00 Å². The molecular formula is C27H30N6O. The summed E-state index contributed by atoms with van der Waals surface area (Å²) in [5.74, 6) is 0.976. The van der Waals surface area contributed by atoms with Crippen molar-refractivity contribution in [2.24, 2.45) is 0 Å². The first-order chi connectivity index (χ1) is 16.5. The normalized spacial score (nSPS) is 20.8. The number of fused-ring (bicyclic) bond motifs is 2. The number of hydrogen-bond acceptors (Lipinski definition) is 6. The van der Waals surface area contributed by atoms with E-state index in [2.05, 4.69) is 77.2 Å². The molecule has 2 fully saturated rings. The summed E-state index contributed by atoms with van der Waals surface area (Å²) in [5.41, 5.74) is 9.38. The van der Waals surface area contributed by atoms with E-state index in [9.17, 15) is 5.11 Å². The van der Waals surface area contributed by atoms with Gasteiger partial charge in [0.1, 0.15) is 17.0 Å². The van der Waals surface area contributed by atoms with Gasteiger partial charge in [-0.25, -0.2) is 9.97 Å². The summed E-state index contributed by atoms with van der Waals surface area (Å²) in [6.45, 7) is 10.0. The Morgan fingerprint density at radius 3 is 2.71 bits per heavy atom. The first-order valence-electron chi connectivity index (χ1n) is 12.0. The zero-order chi connectivity index (χ0) is 23.4. The van der Waals surface area contributed by atoms with Crippen LogP contribution in [0.1, 0.15) is 23.1 Å². The Morgan fingerprint density at radius 1 is 1.00 bits per heavy atom. The van der Waals surface area contributed by atoms with Gasteiger partial charge in [0.05, 0.1) is 17.3 Å². The van der Waals surface area contributed by atoms with Crippen molar-refractivity contribution < 1.29 is 5.11 Å². The van der Waals surface area contributed by atoms with E-state index >= 15 is 0 Å². The quantitative estimate of drug-likeness (QED) is 0.489. The molecule has 7 nitrogen and oxygen atoms in total. The average molecular weight is 455 g/mol. The van der Waals surface area contributed by atoms with E-state index in [0.29, 0.717) is 6.04 Å². The number of aromatic nitrogens is 4. The van der Waals surface area contributed by atoms with E-state index in [-0.39, 0.29) is 6.10 Å². The second kappa shape index (κ2) is 8.18. The summed E-state index contributed by atoms with van der Waals surface area (Å²) < 4.78 is 0. The van der Waals surface area contributed by atoms with Crippen molar-refractivity contribution in [1.29, 1.82) is 0 Å². The van der Waals surface area contributed by atoms with Gasteiger partial charge in [0.25, 0.3) is 0 Å². The molecule has 0 amide bonds. The highest BCUT2D eigenvalue weighted by atomic mass is 16.3. The molecule has 1 aromatic carbocycles. The van der Waals surface area contributed by atoms with E-state index in [4.69, 9.17) is 9.97 Å². The monoisotopic (exact) mass is 454 g/mol. The summed E-state index contributed by atoms with van der Waals surface area (Å²) in [6.07, 6.45) is 2.56. The van der Waals surface area contributed by atoms with E-state index in [0.717, 1.165) is 77.5 Å². The van der Waals surface area contributed by atoms with Crippen LogP contribution in [-0.4, -0.2) is 68.5 Å². The molecule has 7 heteroatoms. The molecule has 2 aliphatic heterocycles. The van der Waals surface area contributed by atoms with Gasteiger partial charge >= 0.3 is 0 Å². The molecule has 2 aliphatic rings. The molecule has 174 valence electrons. The fourth-order valence-electron chi connectivity index (χ4n) is 5.47. The van der Waals surface area contributed by atoms with E-state index in [1.165, 1.54) is 11.1 Å². The van der Waals surface area contributed by atoms with Crippen molar-refractivity contribution in [3.05, 3.63) is 59.3 Å². The number of benzene rings is 1. The van der Waals surface area contributed by atoms with Crippen LogP contribution in [0.3, 0.4) is 0 Å². The maximum atomic E-state index is 9.99. The summed E-state index contributed by atoms with van der Waals surface area (Å²) in [5, 5.41) is 17.8. The molecule has 34 heavy (non-hydrogen) atoms. The number of pyridine rings is 2. The number of aliphatic hydroxyl groups excluding tert-OH is 1. The number of anilines is 1. The van der Waals surface area contributed by atoms with Gasteiger partial charge in [-0.05, 0) is 62.1 Å². The zero-order valence-corrected chi connectivity index (χ0v) is 19.9. The van der Waals surface area contributed by atoms with Crippen molar-refractivity contribution in [3.8, 4) is 22.5 Å².